The molecule has 2 bridgehead atoms. The van der Waals surface area contributed by atoms with E-state index >= 15 is 0 Å². The normalized spacial score (nSPS) is 50.0. The fourth-order valence-corrected chi connectivity index (χ4v) is 7.45. The van der Waals surface area contributed by atoms with Gasteiger partial charge in [0.1, 0.15) is 5.78 Å². The molecule has 0 aromatic carbocycles. The lowest BCUT2D eigenvalue weighted by atomic mass is 9.43. The Kier molecular flexibility index (Phi) is 2.93. The van der Waals surface area contributed by atoms with Crippen molar-refractivity contribution in [3.63, 3.8) is 0 Å². The number of hydrogen-bond acceptors (Lipinski definition) is 3. The second-order valence-electron chi connectivity index (χ2n) is 9.33. The number of rotatable bonds is 0. The van der Waals surface area contributed by atoms with Crippen LogP contribution in [-0.2, 0) is 14.4 Å². The van der Waals surface area contributed by atoms with Crippen LogP contribution in [0.1, 0.15) is 64.7 Å². The fourth-order valence-electron chi connectivity index (χ4n) is 7.45. The number of Topliss-reactive ketones (excluding diaryl/α,β-unsaturated/α-hetero) is 2. The standard InChI is InChI=1S/C21H26O3/c1-20-8-6-15-13(14(20)4-5-19(20)24)9-18(23)16-10-17(22)12-3-2-7-21(15,16)11-12/h10,12-15H,2-9,11H2,1H3/t12-,13-,14-,15-,20-,21+/m0/s1. The summed E-state index contributed by atoms with van der Waals surface area (Å²) < 4.78 is 0. The Morgan fingerprint density at radius 1 is 1.04 bits per heavy atom. The summed E-state index contributed by atoms with van der Waals surface area (Å²) in [7, 11) is 0. The van der Waals surface area contributed by atoms with E-state index < -0.39 is 0 Å². The largest absolute Gasteiger partial charge is 0.299 e. The van der Waals surface area contributed by atoms with Crippen LogP contribution >= 0.6 is 0 Å². The molecule has 4 saturated carbocycles. The van der Waals surface area contributed by atoms with E-state index in [-0.39, 0.29) is 28.3 Å². The van der Waals surface area contributed by atoms with Gasteiger partial charge in [0.25, 0.3) is 0 Å². The van der Waals surface area contributed by atoms with E-state index in [1.807, 2.05) is 0 Å². The molecule has 0 aromatic rings. The molecule has 0 amide bonds. The van der Waals surface area contributed by atoms with Gasteiger partial charge in [-0.25, -0.2) is 0 Å². The summed E-state index contributed by atoms with van der Waals surface area (Å²) in [5.74, 6) is 2.26. The molecule has 3 nitrogen and oxygen atoms in total. The molecular weight excluding hydrogens is 300 g/mol. The van der Waals surface area contributed by atoms with Gasteiger partial charge in [0.05, 0.1) is 0 Å². The van der Waals surface area contributed by atoms with Crippen LogP contribution < -0.4 is 0 Å². The van der Waals surface area contributed by atoms with Crippen molar-refractivity contribution < 1.29 is 14.4 Å². The fraction of sp³-hybridized carbons (Fsp3) is 0.762. The van der Waals surface area contributed by atoms with Crippen molar-refractivity contribution in [3.8, 4) is 0 Å². The van der Waals surface area contributed by atoms with Crippen LogP contribution in [0, 0.1) is 34.5 Å². The first-order valence-electron chi connectivity index (χ1n) is 9.78. The van der Waals surface area contributed by atoms with Crippen LogP contribution in [0.3, 0.4) is 0 Å². The first kappa shape index (κ1) is 15.0. The van der Waals surface area contributed by atoms with Gasteiger partial charge in [0.15, 0.2) is 11.6 Å². The third-order valence-corrected chi connectivity index (χ3v) is 8.59. The van der Waals surface area contributed by atoms with Gasteiger partial charge in [-0.05, 0) is 62.4 Å². The monoisotopic (exact) mass is 326 g/mol. The van der Waals surface area contributed by atoms with Crippen molar-refractivity contribution in [1.29, 1.82) is 0 Å². The Bertz CT molecular complexity index is 689. The second kappa shape index (κ2) is 4.68. The molecule has 0 heterocycles. The summed E-state index contributed by atoms with van der Waals surface area (Å²) in [6.45, 7) is 2.16. The maximum atomic E-state index is 13.0. The molecule has 5 rings (SSSR count). The highest BCUT2D eigenvalue weighted by molar-refractivity contribution is 6.07. The Morgan fingerprint density at radius 3 is 2.71 bits per heavy atom. The third kappa shape index (κ3) is 1.66. The number of hydrogen-bond donors (Lipinski definition) is 0. The van der Waals surface area contributed by atoms with Gasteiger partial charge in [-0.2, -0.15) is 0 Å². The van der Waals surface area contributed by atoms with Crippen LogP contribution in [0.4, 0.5) is 0 Å². The summed E-state index contributed by atoms with van der Waals surface area (Å²) in [4.78, 5) is 37.8. The van der Waals surface area contributed by atoms with Gasteiger partial charge in [-0.15, -0.1) is 0 Å². The van der Waals surface area contributed by atoms with Gasteiger partial charge < -0.3 is 0 Å². The van der Waals surface area contributed by atoms with Gasteiger partial charge in [0, 0.05) is 35.2 Å². The van der Waals surface area contributed by atoms with Gasteiger partial charge in [-0.1, -0.05) is 13.3 Å². The molecule has 128 valence electrons. The third-order valence-electron chi connectivity index (χ3n) is 8.59. The molecule has 0 unspecified atom stereocenters. The van der Waals surface area contributed by atoms with Crippen LogP contribution in [-0.4, -0.2) is 17.3 Å². The van der Waals surface area contributed by atoms with Gasteiger partial charge >= 0.3 is 0 Å². The number of ketones is 3. The molecule has 24 heavy (non-hydrogen) atoms. The van der Waals surface area contributed by atoms with E-state index in [0.717, 1.165) is 50.5 Å². The second-order valence-corrected chi connectivity index (χ2v) is 9.33. The molecule has 5 aliphatic carbocycles. The molecule has 1 spiro atoms. The number of carbonyl (C=O) groups excluding carboxylic acids is 3. The van der Waals surface area contributed by atoms with Crippen LogP contribution in [0.5, 0.6) is 0 Å². The highest BCUT2D eigenvalue weighted by atomic mass is 16.1. The average Bonchev–Trinajstić information content (AvgIpc) is 2.86. The summed E-state index contributed by atoms with van der Waals surface area (Å²) in [6, 6.07) is 0. The Hall–Kier alpha value is -1.25. The van der Waals surface area contributed by atoms with Crippen molar-refractivity contribution in [3.05, 3.63) is 11.6 Å². The Labute approximate surface area is 143 Å². The summed E-state index contributed by atoms with van der Waals surface area (Å²) in [5, 5.41) is 0. The first-order chi connectivity index (χ1) is 11.5. The predicted octanol–water partition coefficient (Wildman–Crippen LogP) is 3.66. The SMILES string of the molecule is C[C@]12CC[C@H]3[C@@H](CC(=O)C4=CC(=O)[C@H]5CCC[C@]43C5)[C@@H]1CCC2=O. The average molecular weight is 326 g/mol. The molecule has 0 saturated heterocycles. The highest BCUT2D eigenvalue weighted by Gasteiger charge is 2.63. The van der Waals surface area contributed by atoms with Crippen LogP contribution in [0.2, 0.25) is 0 Å². The topological polar surface area (TPSA) is 51.2 Å². The van der Waals surface area contributed by atoms with Crippen LogP contribution in [0.15, 0.2) is 11.6 Å². The van der Waals surface area contributed by atoms with E-state index in [9.17, 15) is 14.4 Å². The minimum absolute atomic E-state index is 0.0379. The van der Waals surface area contributed by atoms with E-state index in [1.165, 1.54) is 0 Å². The highest BCUT2D eigenvalue weighted by Crippen LogP contribution is 2.66. The molecule has 3 heteroatoms. The molecular formula is C21H26O3. The molecule has 0 aliphatic heterocycles. The van der Waals surface area contributed by atoms with E-state index in [2.05, 4.69) is 6.92 Å². The molecule has 6 atom stereocenters. The minimum Gasteiger partial charge on any atom is -0.299 e. The van der Waals surface area contributed by atoms with Crippen molar-refractivity contribution in [2.75, 3.05) is 0 Å². The quantitative estimate of drug-likeness (QED) is 0.682. The van der Waals surface area contributed by atoms with E-state index in [0.29, 0.717) is 36.4 Å². The number of fused-ring (bicyclic) bond motifs is 4. The zero-order valence-electron chi connectivity index (χ0n) is 14.5. The summed E-state index contributed by atoms with van der Waals surface area (Å²) in [6.07, 6.45) is 10.1. The minimum atomic E-state index is -0.183. The molecule has 0 N–H and O–H groups in total. The van der Waals surface area contributed by atoms with Gasteiger partial charge in [0.2, 0.25) is 0 Å². The van der Waals surface area contributed by atoms with E-state index in [4.69, 9.17) is 0 Å². The van der Waals surface area contributed by atoms with Gasteiger partial charge in [-0.3, -0.25) is 14.4 Å². The lowest BCUT2D eigenvalue weighted by Crippen LogP contribution is -2.56. The zero-order chi connectivity index (χ0) is 16.7. The molecule has 4 fully saturated rings. The predicted molar refractivity (Wildman–Crippen MR) is 89.2 cm³/mol. The number of allylic oxidation sites excluding steroid dienone is 1. The lowest BCUT2D eigenvalue weighted by molar-refractivity contribution is -0.142. The molecule has 0 radical (unpaired) electrons. The van der Waals surface area contributed by atoms with Crippen molar-refractivity contribution in [1.82, 2.24) is 0 Å². The maximum Gasteiger partial charge on any atom is 0.159 e. The smallest absolute Gasteiger partial charge is 0.159 e. The zero-order valence-corrected chi connectivity index (χ0v) is 14.5. The number of carbonyl (C=O) groups is 3. The molecule has 0 aromatic heterocycles. The van der Waals surface area contributed by atoms with Crippen molar-refractivity contribution in [2.24, 2.45) is 34.5 Å². The van der Waals surface area contributed by atoms with Crippen molar-refractivity contribution in [2.45, 2.75) is 64.7 Å². The summed E-state index contributed by atoms with van der Waals surface area (Å²) in [5.41, 5.74) is 0.652. The van der Waals surface area contributed by atoms with Crippen LogP contribution in [0.25, 0.3) is 0 Å². The Morgan fingerprint density at radius 2 is 1.88 bits per heavy atom. The van der Waals surface area contributed by atoms with Crippen molar-refractivity contribution >= 4 is 17.3 Å². The first-order valence-corrected chi connectivity index (χ1v) is 9.78. The Balaban J connectivity index is 1.61. The lowest BCUT2D eigenvalue weighted by Gasteiger charge is -2.59. The van der Waals surface area contributed by atoms with E-state index in [1.54, 1.807) is 6.08 Å². The molecule has 5 aliphatic rings. The maximum absolute atomic E-state index is 13.0. The summed E-state index contributed by atoms with van der Waals surface area (Å²) >= 11 is 0.